The Hall–Kier alpha value is -6.18. The molecular weight excluding hydrogens is 839 g/mol. The van der Waals surface area contributed by atoms with Gasteiger partial charge in [0.05, 0.1) is 38.1 Å². The Labute approximate surface area is 349 Å². The number of amidine groups is 1. The molecule has 314 valence electrons. The lowest BCUT2D eigenvalue weighted by Crippen LogP contribution is -2.13. The van der Waals surface area contributed by atoms with Crippen molar-refractivity contribution in [1.82, 2.24) is 9.97 Å². The molecule has 3 N–H and O–H groups in total. The number of benzene rings is 4. The summed E-state index contributed by atoms with van der Waals surface area (Å²) in [7, 11) is 0. The lowest BCUT2D eigenvalue weighted by atomic mass is 10.1. The van der Waals surface area contributed by atoms with Gasteiger partial charge >= 0.3 is 12.4 Å². The van der Waals surface area contributed by atoms with Crippen molar-refractivity contribution < 1.29 is 49.9 Å². The average molecular weight is 875 g/mol. The Kier molecular flexibility index (Phi) is 14.8. The number of hydrogen-bond donors (Lipinski definition) is 2. The van der Waals surface area contributed by atoms with Crippen LogP contribution in [0.2, 0.25) is 10.0 Å². The molecule has 0 fully saturated rings. The minimum absolute atomic E-state index is 0.109. The summed E-state index contributed by atoms with van der Waals surface area (Å²) < 4.78 is 98.5. The van der Waals surface area contributed by atoms with Crippen LogP contribution in [0.5, 0.6) is 11.5 Å². The third-order valence-corrected chi connectivity index (χ3v) is 9.44. The van der Waals surface area contributed by atoms with E-state index in [1.54, 1.807) is 44.2 Å². The second kappa shape index (κ2) is 19.7. The molecule has 0 aliphatic carbocycles. The fraction of sp³-hybridized carbons (Fsp3) is 0.238. The van der Waals surface area contributed by atoms with Crippen molar-refractivity contribution in [2.45, 2.75) is 65.1 Å². The predicted octanol–water partition coefficient (Wildman–Crippen LogP) is 11.0. The van der Waals surface area contributed by atoms with Crippen LogP contribution in [-0.2, 0) is 51.2 Å². The average Bonchev–Trinajstić information content (AvgIpc) is 3.76. The van der Waals surface area contributed by atoms with Crippen LogP contribution in [0, 0.1) is 25.2 Å². The number of hydrogen-bond acceptors (Lipinski definition) is 9. The van der Waals surface area contributed by atoms with Crippen molar-refractivity contribution in [2.75, 3.05) is 0 Å². The van der Waals surface area contributed by atoms with Crippen molar-refractivity contribution in [3.05, 3.63) is 163 Å². The molecule has 0 unspecified atom stereocenters. The molecule has 0 aliphatic heterocycles. The third-order valence-electron chi connectivity index (χ3n) is 8.82. The molecule has 0 aliphatic rings. The van der Waals surface area contributed by atoms with Gasteiger partial charge in [-0.1, -0.05) is 52.6 Å². The molecule has 0 radical (unpaired) electrons. The number of nitriles is 1. The summed E-state index contributed by atoms with van der Waals surface area (Å²) in [5, 5.41) is 21.1. The monoisotopic (exact) mass is 873 g/mol. The van der Waals surface area contributed by atoms with Gasteiger partial charge in [0.1, 0.15) is 30.8 Å². The first-order valence-electron chi connectivity index (χ1n) is 17.9. The van der Waals surface area contributed by atoms with Gasteiger partial charge in [0.25, 0.3) is 0 Å². The van der Waals surface area contributed by atoms with Crippen molar-refractivity contribution in [2.24, 2.45) is 10.9 Å². The highest BCUT2D eigenvalue weighted by Gasteiger charge is 2.30. The number of halogens is 8. The molecular formula is C42H35Cl2F6N5O5. The second-order valence-corrected chi connectivity index (χ2v) is 13.9. The molecule has 0 bridgehead atoms. The van der Waals surface area contributed by atoms with Gasteiger partial charge in [0.2, 0.25) is 0 Å². The van der Waals surface area contributed by atoms with Crippen LogP contribution >= 0.6 is 23.2 Å². The quantitative estimate of drug-likeness (QED) is 0.0379. The van der Waals surface area contributed by atoms with E-state index in [1.807, 2.05) is 6.07 Å². The summed E-state index contributed by atoms with van der Waals surface area (Å²) in [5.41, 5.74) is 7.76. The van der Waals surface area contributed by atoms with E-state index in [1.165, 1.54) is 30.3 Å². The van der Waals surface area contributed by atoms with Crippen LogP contribution in [0.25, 0.3) is 0 Å². The summed E-state index contributed by atoms with van der Waals surface area (Å²) in [6, 6.07) is 21.5. The van der Waals surface area contributed by atoms with Crippen LogP contribution in [0.15, 0.2) is 98.9 Å². The first-order chi connectivity index (χ1) is 28.4. The zero-order valence-electron chi connectivity index (χ0n) is 31.8. The molecule has 6 aromatic rings. The van der Waals surface area contributed by atoms with Gasteiger partial charge < -0.3 is 29.2 Å². The van der Waals surface area contributed by atoms with E-state index < -0.39 is 23.5 Å². The molecule has 0 spiro atoms. The van der Waals surface area contributed by atoms with Gasteiger partial charge in [-0.3, -0.25) is 0 Å². The Morgan fingerprint density at radius 3 is 1.52 bits per heavy atom. The number of oxazole rings is 2. The fourth-order valence-corrected chi connectivity index (χ4v) is 5.98. The molecule has 0 amide bonds. The molecule has 6 rings (SSSR count). The number of ether oxygens (including phenoxy) is 2. The number of aryl methyl sites for hydroxylation is 6. The molecule has 0 saturated heterocycles. The maximum Gasteiger partial charge on any atom is 0.416 e. The van der Waals surface area contributed by atoms with Crippen molar-refractivity contribution >= 4 is 29.0 Å². The molecule has 10 nitrogen and oxygen atoms in total. The number of aromatic nitrogens is 2. The standard InChI is InChI=1S/C21H19ClF3N3O3.C21H16ClF3N2O2/c1-12-18(11-30-15-7-8-16(17(22)10-15)20(26)28-29)31-19(27-12)9-4-13-2-5-14(6-3-13)21(23,24)25;1-13-19(12-28-17-8-5-15(11-26)18(22)10-17)29-20(27-13)9-4-14-2-6-16(7-3-14)21(23,24)25/h2-3,5-8,10,29H,4,9,11H2,1H3,(H2,26,28);2-3,5-8,10H,4,9,12H2,1H3. The summed E-state index contributed by atoms with van der Waals surface area (Å²) in [4.78, 5) is 8.69. The van der Waals surface area contributed by atoms with Gasteiger partial charge in [-0.15, -0.1) is 0 Å². The minimum atomic E-state index is -4.35. The largest absolute Gasteiger partial charge is 0.486 e. The smallest absolute Gasteiger partial charge is 0.416 e. The lowest BCUT2D eigenvalue weighted by Gasteiger charge is -2.08. The molecule has 4 aromatic carbocycles. The number of nitrogens with two attached hydrogens (primary N) is 1. The highest BCUT2D eigenvalue weighted by molar-refractivity contribution is 6.34. The number of alkyl halides is 6. The SMILES string of the molecule is Cc1nc(CCc2ccc(C(F)(F)F)cc2)oc1COc1ccc(C#N)c(Cl)c1.Cc1nc(CCc2ccc(C(F)(F)F)cc2)oc1COc1ccc(C(N)=NO)c(Cl)c1. The van der Waals surface area contributed by atoms with Crippen LogP contribution in [0.3, 0.4) is 0 Å². The maximum absolute atomic E-state index is 12.6. The minimum Gasteiger partial charge on any atom is -0.486 e. The Bertz CT molecular complexity index is 2460. The Balaban J connectivity index is 0.000000228. The normalized spacial score (nSPS) is 11.8. The zero-order chi connectivity index (χ0) is 43.6. The maximum atomic E-state index is 12.6. The van der Waals surface area contributed by atoms with Crippen LogP contribution in [-0.4, -0.2) is 21.0 Å². The van der Waals surface area contributed by atoms with Gasteiger partial charge in [-0.25, -0.2) is 9.97 Å². The van der Waals surface area contributed by atoms with E-state index in [2.05, 4.69) is 15.1 Å². The van der Waals surface area contributed by atoms with E-state index in [4.69, 9.17) is 57.7 Å². The van der Waals surface area contributed by atoms with Crippen molar-refractivity contribution in [1.29, 1.82) is 5.26 Å². The number of oxime groups is 1. The van der Waals surface area contributed by atoms with Gasteiger partial charge in [-0.2, -0.15) is 31.6 Å². The van der Waals surface area contributed by atoms with E-state index in [0.717, 1.165) is 35.4 Å². The van der Waals surface area contributed by atoms with Gasteiger partial charge in [0.15, 0.2) is 29.1 Å². The molecule has 2 heterocycles. The van der Waals surface area contributed by atoms with E-state index in [9.17, 15) is 26.3 Å². The highest BCUT2D eigenvalue weighted by Crippen LogP contribution is 2.31. The second-order valence-electron chi connectivity index (χ2n) is 13.1. The van der Waals surface area contributed by atoms with E-state index in [-0.39, 0.29) is 24.1 Å². The predicted molar refractivity (Wildman–Crippen MR) is 209 cm³/mol. The topological polar surface area (TPSA) is 153 Å². The highest BCUT2D eigenvalue weighted by atomic mass is 35.5. The molecule has 0 saturated carbocycles. The van der Waals surface area contributed by atoms with Crippen molar-refractivity contribution in [3.8, 4) is 17.6 Å². The van der Waals surface area contributed by atoms with Crippen LogP contribution in [0.1, 0.15) is 68.1 Å². The summed E-state index contributed by atoms with van der Waals surface area (Å²) in [5.74, 6) is 2.88. The lowest BCUT2D eigenvalue weighted by molar-refractivity contribution is -0.138. The first-order valence-corrected chi connectivity index (χ1v) is 18.6. The molecule has 0 atom stereocenters. The van der Waals surface area contributed by atoms with Gasteiger partial charge in [0, 0.05) is 24.5 Å². The van der Waals surface area contributed by atoms with E-state index >= 15 is 0 Å². The summed E-state index contributed by atoms with van der Waals surface area (Å²) in [6.45, 7) is 3.81. The first kappa shape index (κ1) is 44.9. The number of nitrogens with zero attached hydrogens (tertiary/aromatic N) is 4. The fourth-order valence-electron chi connectivity index (χ4n) is 5.50. The zero-order valence-corrected chi connectivity index (χ0v) is 33.3. The summed E-state index contributed by atoms with van der Waals surface area (Å²) >= 11 is 12.1. The van der Waals surface area contributed by atoms with E-state index in [0.29, 0.717) is 88.0 Å². The van der Waals surface area contributed by atoms with Gasteiger partial charge in [-0.05, 0) is 92.4 Å². The van der Waals surface area contributed by atoms with Crippen LogP contribution < -0.4 is 15.2 Å². The molecule has 18 heteroatoms. The Morgan fingerprint density at radius 2 is 1.13 bits per heavy atom. The molecule has 2 aromatic heterocycles. The Morgan fingerprint density at radius 1 is 0.700 bits per heavy atom. The number of rotatable bonds is 13. The van der Waals surface area contributed by atoms with Crippen molar-refractivity contribution in [3.63, 3.8) is 0 Å². The third kappa shape index (κ3) is 12.4. The van der Waals surface area contributed by atoms with Crippen LogP contribution in [0.4, 0.5) is 26.3 Å². The molecule has 60 heavy (non-hydrogen) atoms. The summed E-state index contributed by atoms with van der Waals surface area (Å²) in [6.07, 6.45) is -6.81.